The fourth-order valence-corrected chi connectivity index (χ4v) is 3.24. The number of cyclic esters (lactones) is 1. The lowest BCUT2D eigenvalue weighted by atomic mass is 10.2. The quantitative estimate of drug-likeness (QED) is 0.907. The molecule has 0 bridgehead atoms. The molecule has 2 amide bonds. The Morgan fingerprint density at radius 3 is 2.75 bits per heavy atom. The normalized spacial score (nSPS) is 16.6. The molecule has 6 nitrogen and oxygen atoms in total. The first kappa shape index (κ1) is 16.3. The number of amides is 2. The lowest BCUT2D eigenvalue weighted by Crippen LogP contribution is -2.34. The second-order valence-electron chi connectivity index (χ2n) is 5.09. The van der Waals surface area contributed by atoms with Gasteiger partial charge in [0.25, 0.3) is 5.91 Å². The zero-order valence-corrected chi connectivity index (χ0v) is 13.9. The first-order chi connectivity index (χ1) is 11.6. The Balaban J connectivity index is 1.58. The minimum atomic E-state index is -0.474. The zero-order valence-electron chi connectivity index (χ0n) is 12.4. The number of carbonyl (C=O) groups is 2. The average Bonchev–Trinajstić information content (AvgIpc) is 3.18. The first-order valence-electron chi connectivity index (χ1n) is 7.08. The number of hydrogen-bond acceptors (Lipinski definition) is 5. The number of thiophene rings is 1. The van der Waals surface area contributed by atoms with Crippen LogP contribution in [0.4, 0.5) is 10.5 Å². The van der Waals surface area contributed by atoms with Crippen molar-refractivity contribution in [1.29, 1.82) is 5.26 Å². The first-order valence-corrected chi connectivity index (χ1v) is 8.28. The summed E-state index contributed by atoms with van der Waals surface area (Å²) in [6, 6.07) is 12.0. The highest BCUT2D eigenvalue weighted by Gasteiger charge is 2.32. The van der Waals surface area contributed by atoms with E-state index in [2.05, 4.69) is 5.32 Å². The molecule has 1 aliphatic heterocycles. The van der Waals surface area contributed by atoms with E-state index in [-0.39, 0.29) is 12.5 Å². The Bertz CT molecular complexity index is 813. The average molecular weight is 362 g/mol. The van der Waals surface area contributed by atoms with Crippen LogP contribution in [0.3, 0.4) is 0 Å². The summed E-state index contributed by atoms with van der Waals surface area (Å²) in [6.07, 6.45) is -0.911. The molecule has 8 heteroatoms. The molecular weight excluding hydrogens is 350 g/mol. The van der Waals surface area contributed by atoms with Gasteiger partial charge in [-0.15, -0.1) is 11.3 Å². The van der Waals surface area contributed by atoms with Crippen molar-refractivity contribution < 1.29 is 14.3 Å². The van der Waals surface area contributed by atoms with Gasteiger partial charge in [-0.25, -0.2) is 4.79 Å². The lowest BCUT2D eigenvalue weighted by molar-refractivity contribution is 0.0920. The van der Waals surface area contributed by atoms with Gasteiger partial charge < -0.3 is 10.1 Å². The van der Waals surface area contributed by atoms with Crippen molar-refractivity contribution in [1.82, 2.24) is 5.32 Å². The van der Waals surface area contributed by atoms with E-state index in [1.807, 2.05) is 6.07 Å². The number of nitriles is 1. The molecule has 1 N–H and O–H groups in total. The number of nitrogens with one attached hydrogen (secondary N) is 1. The summed E-state index contributed by atoms with van der Waals surface area (Å²) in [7, 11) is 0. The molecule has 2 heterocycles. The molecule has 0 spiro atoms. The fraction of sp³-hybridized carbons (Fsp3) is 0.188. The molecular formula is C16H12ClN3O3S. The number of halogens is 1. The molecule has 122 valence electrons. The summed E-state index contributed by atoms with van der Waals surface area (Å²) < 4.78 is 5.80. The number of ether oxygens (including phenoxy) is 1. The maximum Gasteiger partial charge on any atom is 0.414 e. The summed E-state index contributed by atoms with van der Waals surface area (Å²) in [5.74, 6) is -0.250. The Labute approximate surface area is 147 Å². The summed E-state index contributed by atoms with van der Waals surface area (Å²) in [4.78, 5) is 25.9. The number of benzene rings is 1. The number of carbonyl (C=O) groups excluding carboxylic acids is 2. The minimum Gasteiger partial charge on any atom is -0.442 e. The third-order valence-corrected chi connectivity index (χ3v) is 4.70. The van der Waals surface area contributed by atoms with E-state index < -0.39 is 12.2 Å². The molecule has 0 saturated carbocycles. The van der Waals surface area contributed by atoms with Crippen molar-refractivity contribution in [3.8, 4) is 6.07 Å². The van der Waals surface area contributed by atoms with Gasteiger partial charge in [0.2, 0.25) is 0 Å². The van der Waals surface area contributed by atoms with E-state index in [1.165, 1.54) is 16.2 Å². The second kappa shape index (κ2) is 6.91. The molecule has 0 radical (unpaired) electrons. The van der Waals surface area contributed by atoms with Gasteiger partial charge in [-0.1, -0.05) is 11.6 Å². The smallest absolute Gasteiger partial charge is 0.414 e. The van der Waals surface area contributed by atoms with Crippen molar-refractivity contribution in [3.63, 3.8) is 0 Å². The largest absolute Gasteiger partial charge is 0.442 e. The van der Waals surface area contributed by atoms with Gasteiger partial charge >= 0.3 is 6.09 Å². The SMILES string of the molecule is N#Cc1ccc(N2CC(CNC(=O)c3ccc(Cl)s3)OC2=O)cc1. The molecule has 1 fully saturated rings. The molecule has 1 aliphatic rings. The van der Waals surface area contributed by atoms with Crippen LogP contribution < -0.4 is 10.2 Å². The molecule has 1 atom stereocenters. The predicted octanol–water partition coefficient (Wildman–Crippen LogP) is 3.03. The highest BCUT2D eigenvalue weighted by atomic mass is 35.5. The van der Waals surface area contributed by atoms with E-state index in [0.717, 1.165) is 0 Å². The highest BCUT2D eigenvalue weighted by Crippen LogP contribution is 2.23. The van der Waals surface area contributed by atoms with Crippen LogP contribution in [0, 0.1) is 11.3 Å². The van der Waals surface area contributed by atoms with Gasteiger partial charge in [0.1, 0.15) is 6.10 Å². The Hall–Kier alpha value is -2.56. The molecule has 2 aromatic rings. The van der Waals surface area contributed by atoms with E-state index in [9.17, 15) is 9.59 Å². The van der Waals surface area contributed by atoms with Crippen molar-refractivity contribution >= 4 is 40.6 Å². The van der Waals surface area contributed by atoms with Gasteiger partial charge in [0.15, 0.2) is 0 Å². The summed E-state index contributed by atoms with van der Waals surface area (Å²) in [6.45, 7) is 0.545. The van der Waals surface area contributed by atoms with Gasteiger partial charge in [0, 0.05) is 5.69 Å². The van der Waals surface area contributed by atoms with Gasteiger partial charge in [0.05, 0.1) is 33.9 Å². The number of hydrogen-bond donors (Lipinski definition) is 1. The van der Waals surface area contributed by atoms with Crippen LogP contribution in [0.5, 0.6) is 0 Å². The molecule has 1 aromatic carbocycles. The molecule has 24 heavy (non-hydrogen) atoms. The Morgan fingerprint density at radius 2 is 2.12 bits per heavy atom. The van der Waals surface area contributed by atoms with Crippen molar-refractivity contribution in [2.45, 2.75) is 6.10 Å². The van der Waals surface area contributed by atoms with E-state index in [0.29, 0.717) is 27.0 Å². The Kier molecular flexibility index (Phi) is 4.69. The van der Waals surface area contributed by atoms with Crippen LogP contribution >= 0.6 is 22.9 Å². The monoisotopic (exact) mass is 361 g/mol. The van der Waals surface area contributed by atoms with E-state index >= 15 is 0 Å². The maximum absolute atomic E-state index is 12.0. The van der Waals surface area contributed by atoms with E-state index in [4.69, 9.17) is 21.6 Å². The van der Waals surface area contributed by atoms with Crippen molar-refractivity contribution in [3.05, 3.63) is 51.2 Å². The maximum atomic E-state index is 12.0. The van der Waals surface area contributed by atoms with Crippen LogP contribution in [0.2, 0.25) is 4.34 Å². The van der Waals surface area contributed by atoms with Crippen LogP contribution in [-0.4, -0.2) is 31.2 Å². The number of nitrogens with zero attached hydrogens (tertiary/aromatic N) is 2. The topological polar surface area (TPSA) is 82.4 Å². The molecule has 1 saturated heterocycles. The lowest BCUT2D eigenvalue weighted by Gasteiger charge is -2.13. The molecule has 0 aliphatic carbocycles. The van der Waals surface area contributed by atoms with Gasteiger partial charge in [-0.2, -0.15) is 5.26 Å². The predicted molar refractivity (Wildman–Crippen MR) is 90.4 cm³/mol. The third-order valence-electron chi connectivity index (χ3n) is 3.47. The number of rotatable bonds is 4. The second-order valence-corrected chi connectivity index (χ2v) is 6.80. The summed E-state index contributed by atoms with van der Waals surface area (Å²) >= 11 is 6.99. The fourth-order valence-electron chi connectivity index (χ4n) is 2.28. The minimum absolute atomic E-state index is 0.215. The Morgan fingerprint density at radius 1 is 1.38 bits per heavy atom. The van der Waals surface area contributed by atoms with Gasteiger partial charge in [-0.05, 0) is 36.4 Å². The molecule has 1 unspecified atom stereocenters. The van der Waals surface area contributed by atoms with E-state index in [1.54, 1.807) is 36.4 Å². The summed E-state index contributed by atoms with van der Waals surface area (Å²) in [5, 5.41) is 11.5. The van der Waals surface area contributed by atoms with Crippen molar-refractivity contribution in [2.75, 3.05) is 18.0 Å². The van der Waals surface area contributed by atoms with Crippen LogP contribution in [-0.2, 0) is 4.74 Å². The third kappa shape index (κ3) is 3.50. The van der Waals surface area contributed by atoms with Crippen LogP contribution in [0.15, 0.2) is 36.4 Å². The zero-order chi connectivity index (χ0) is 17.1. The standard InChI is InChI=1S/C16H12ClN3O3S/c17-14-6-5-13(24-14)15(21)19-8-12-9-20(16(22)23-12)11-3-1-10(7-18)2-4-11/h1-6,12H,8-9H2,(H,19,21). The molecule has 1 aromatic heterocycles. The molecule has 3 rings (SSSR count). The van der Waals surface area contributed by atoms with Crippen molar-refractivity contribution in [2.24, 2.45) is 0 Å². The highest BCUT2D eigenvalue weighted by molar-refractivity contribution is 7.17. The van der Waals surface area contributed by atoms with Crippen LogP contribution in [0.25, 0.3) is 0 Å². The summed E-state index contributed by atoms with van der Waals surface area (Å²) in [5.41, 5.74) is 1.17. The van der Waals surface area contributed by atoms with Crippen LogP contribution in [0.1, 0.15) is 15.2 Å². The number of anilines is 1. The van der Waals surface area contributed by atoms with Gasteiger partial charge in [-0.3, -0.25) is 9.69 Å².